The third-order valence-corrected chi connectivity index (χ3v) is 6.11. The lowest BCUT2D eigenvalue weighted by Crippen LogP contribution is -2.56. The van der Waals surface area contributed by atoms with Gasteiger partial charge in [0.2, 0.25) is 5.91 Å². The molecule has 0 bridgehead atoms. The first-order valence-electron chi connectivity index (χ1n) is 9.62. The van der Waals surface area contributed by atoms with Crippen LogP contribution >= 0.6 is 0 Å². The van der Waals surface area contributed by atoms with Crippen molar-refractivity contribution in [3.63, 3.8) is 0 Å². The maximum Gasteiger partial charge on any atom is 0.254 e. The van der Waals surface area contributed by atoms with Crippen LogP contribution in [0.15, 0.2) is 6.20 Å². The van der Waals surface area contributed by atoms with Gasteiger partial charge in [-0.15, -0.1) is 0 Å². The van der Waals surface area contributed by atoms with E-state index < -0.39 is 0 Å². The minimum absolute atomic E-state index is 0.0452. The van der Waals surface area contributed by atoms with E-state index in [1.165, 1.54) is 0 Å². The van der Waals surface area contributed by atoms with Gasteiger partial charge in [0.25, 0.3) is 5.91 Å². The molecule has 1 saturated carbocycles. The van der Waals surface area contributed by atoms with Gasteiger partial charge in [-0.1, -0.05) is 13.3 Å². The fourth-order valence-corrected chi connectivity index (χ4v) is 4.73. The van der Waals surface area contributed by atoms with Crippen molar-refractivity contribution in [3.8, 4) is 0 Å². The van der Waals surface area contributed by atoms with E-state index in [-0.39, 0.29) is 23.3 Å². The molecule has 1 saturated heterocycles. The fourth-order valence-electron chi connectivity index (χ4n) is 4.73. The molecule has 1 N–H and O–H groups in total. The lowest BCUT2D eigenvalue weighted by molar-refractivity contribution is -0.141. The highest BCUT2D eigenvalue weighted by Gasteiger charge is 2.49. The lowest BCUT2D eigenvalue weighted by Gasteiger charge is -2.46. The number of amides is 2. The molecule has 2 fully saturated rings. The van der Waals surface area contributed by atoms with Gasteiger partial charge in [-0.3, -0.25) is 14.3 Å². The number of aryl methyl sites for hydroxylation is 1. The normalized spacial score (nSPS) is 26.0. The number of hydrogen-bond acceptors (Lipinski definition) is 3. The highest BCUT2D eigenvalue weighted by Crippen LogP contribution is 2.47. The van der Waals surface area contributed by atoms with E-state index in [1.54, 1.807) is 6.20 Å². The third kappa shape index (κ3) is 3.18. The van der Waals surface area contributed by atoms with Crippen LogP contribution in [0.1, 0.15) is 68.4 Å². The number of rotatable bonds is 6. The molecule has 1 aromatic heterocycles. The summed E-state index contributed by atoms with van der Waals surface area (Å²) in [4.78, 5) is 27.1. The second-order valence-electron chi connectivity index (χ2n) is 7.50. The highest BCUT2D eigenvalue weighted by atomic mass is 16.2. The Balaban J connectivity index is 1.71. The molecule has 2 amide bonds. The van der Waals surface area contributed by atoms with Gasteiger partial charge in [0.15, 0.2) is 0 Å². The predicted octanol–water partition coefficient (Wildman–Crippen LogP) is 2.51. The Labute approximate surface area is 149 Å². The summed E-state index contributed by atoms with van der Waals surface area (Å²) >= 11 is 0. The van der Waals surface area contributed by atoms with Crippen LogP contribution in [0.5, 0.6) is 0 Å². The molecule has 0 spiro atoms. The first-order chi connectivity index (χ1) is 12.0. The van der Waals surface area contributed by atoms with E-state index >= 15 is 0 Å². The van der Waals surface area contributed by atoms with Crippen LogP contribution in [0.25, 0.3) is 0 Å². The number of aromatic nitrogens is 2. The van der Waals surface area contributed by atoms with Crippen molar-refractivity contribution in [2.75, 3.05) is 13.1 Å². The molecule has 6 heteroatoms. The van der Waals surface area contributed by atoms with E-state index in [1.807, 2.05) is 18.5 Å². The van der Waals surface area contributed by atoms with E-state index in [9.17, 15) is 9.59 Å². The third-order valence-electron chi connectivity index (χ3n) is 6.11. The van der Waals surface area contributed by atoms with Crippen LogP contribution in [0.4, 0.5) is 0 Å². The topological polar surface area (TPSA) is 67.2 Å². The van der Waals surface area contributed by atoms with E-state index in [4.69, 9.17) is 0 Å². The molecular weight excluding hydrogens is 316 g/mol. The maximum absolute atomic E-state index is 12.6. The maximum atomic E-state index is 12.6. The average molecular weight is 346 g/mol. The minimum Gasteiger partial charge on any atom is -0.351 e. The van der Waals surface area contributed by atoms with Crippen LogP contribution in [0.3, 0.4) is 0 Å². The van der Waals surface area contributed by atoms with Crippen molar-refractivity contribution in [3.05, 3.63) is 17.5 Å². The number of carbonyl (C=O) groups is 2. The molecule has 2 atom stereocenters. The lowest BCUT2D eigenvalue weighted by atomic mass is 9.74. The van der Waals surface area contributed by atoms with Gasteiger partial charge in [-0.05, 0) is 39.5 Å². The Morgan fingerprint density at radius 3 is 2.88 bits per heavy atom. The Kier molecular flexibility index (Phi) is 5.16. The van der Waals surface area contributed by atoms with Crippen LogP contribution < -0.4 is 5.32 Å². The number of piperidine rings is 1. The van der Waals surface area contributed by atoms with Gasteiger partial charge in [-0.25, -0.2) is 0 Å². The summed E-state index contributed by atoms with van der Waals surface area (Å²) < 4.78 is 1.84. The Morgan fingerprint density at radius 1 is 1.40 bits per heavy atom. The molecule has 0 radical (unpaired) electrons. The molecule has 1 aliphatic heterocycles. The summed E-state index contributed by atoms with van der Waals surface area (Å²) in [6.07, 6.45) is 7.45. The van der Waals surface area contributed by atoms with Gasteiger partial charge in [-0.2, -0.15) is 5.10 Å². The van der Waals surface area contributed by atoms with Gasteiger partial charge >= 0.3 is 0 Å². The van der Waals surface area contributed by atoms with Crippen molar-refractivity contribution >= 4 is 11.8 Å². The standard InChI is InChI=1S/C19H30N4O2/c1-4-11-22-16-7-6-9-19(16,10-8-17(22)24)13-20-18(25)15-12-21-23(5-2)14(15)3/h12,16H,4-11,13H2,1-3H3,(H,20,25)/t16-,19+/m1/s1. The van der Waals surface area contributed by atoms with E-state index in [2.05, 4.69) is 22.2 Å². The first-order valence-corrected chi connectivity index (χ1v) is 9.62. The van der Waals surface area contributed by atoms with Gasteiger partial charge < -0.3 is 10.2 Å². The van der Waals surface area contributed by atoms with E-state index in [0.717, 1.165) is 50.9 Å². The van der Waals surface area contributed by atoms with Crippen molar-refractivity contribution in [1.82, 2.24) is 20.0 Å². The number of fused-ring (bicyclic) bond motifs is 1. The summed E-state index contributed by atoms with van der Waals surface area (Å²) in [7, 11) is 0. The summed E-state index contributed by atoms with van der Waals surface area (Å²) in [5.74, 6) is 0.243. The monoisotopic (exact) mass is 346 g/mol. The van der Waals surface area contributed by atoms with Crippen LogP contribution in [0.2, 0.25) is 0 Å². The van der Waals surface area contributed by atoms with Crippen LogP contribution in [-0.2, 0) is 11.3 Å². The van der Waals surface area contributed by atoms with Crippen molar-refractivity contribution in [1.29, 1.82) is 0 Å². The van der Waals surface area contributed by atoms with Crippen molar-refractivity contribution < 1.29 is 9.59 Å². The molecule has 25 heavy (non-hydrogen) atoms. The Bertz CT molecular complexity index is 654. The smallest absolute Gasteiger partial charge is 0.254 e. The summed E-state index contributed by atoms with van der Waals surface area (Å²) in [5.41, 5.74) is 1.62. The van der Waals surface area contributed by atoms with Crippen molar-refractivity contribution in [2.45, 2.75) is 71.9 Å². The molecule has 138 valence electrons. The molecule has 2 heterocycles. The molecule has 2 aliphatic rings. The fraction of sp³-hybridized carbons (Fsp3) is 0.737. The Hall–Kier alpha value is -1.85. The van der Waals surface area contributed by atoms with Gasteiger partial charge in [0.05, 0.1) is 11.8 Å². The summed E-state index contributed by atoms with van der Waals surface area (Å²) in [5, 5.41) is 7.42. The number of nitrogens with zero attached hydrogens (tertiary/aromatic N) is 3. The second kappa shape index (κ2) is 7.18. The molecule has 1 aromatic rings. The summed E-state index contributed by atoms with van der Waals surface area (Å²) in [6.45, 7) is 8.32. The average Bonchev–Trinajstić information content (AvgIpc) is 3.19. The van der Waals surface area contributed by atoms with Crippen LogP contribution in [-0.4, -0.2) is 45.6 Å². The largest absolute Gasteiger partial charge is 0.351 e. The highest BCUT2D eigenvalue weighted by molar-refractivity contribution is 5.95. The zero-order valence-electron chi connectivity index (χ0n) is 15.7. The number of nitrogens with one attached hydrogen (secondary N) is 1. The van der Waals surface area contributed by atoms with E-state index in [0.29, 0.717) is 18.5 Å². The molecule has 3 rings (SSSR count). The van der Waals surface area contributed by atoms with Gasteiger partial charge in [0, 0.05) is 43.2 Å². The zero-order chi connectivity index (χ0) is 18.0. The second-order valence-corrected chi connectivity index (χ2v) is 7.50. The zero-order valence-corrected chi connectivity index (χ0v) is 15.7. The number of likely N-dealkylation sites (tertiary alicyclic amines) is 1. The molecular formula is C19H30N4O2. The minimum atomic E-state index is -0.0452. The Morgan fingerprint density at radius 2 is 2.20 bits per heavy atom. The molecule has 1 aliphatic carbocycles. The molecule has 0 unspecified atom stereocenters. The van der Waals surface area contributed by atoms with Crippen molar-refractivity contribution in [2.24, 2.45) is 5.41 Å². The number of hydrogen-bond donors (Lipinski definition) is 1. The summed E-state index contributed by atoms with van der Waals surface area (Å²) in [6, 6.07) is 0.286. The predicted molar refractivity (Wildman–Crippen MR) is 96.3 cm³/mol. The first kappa shape index (κ1) is 18.0. The number of carbonyl (C=O) groups excluding carboxylic acids is 2. The van der Waals surface area contributed by atoms with Gasteiger partial charge in [0.1, 0.15) is 0 Å². The van der Waals surface area contributed by atoms with Crippen LogP contribution in [0, 0.1) is 12.3 Å². The molecule has 0 aromatic carbocycles. The SMILES string of the molecule is CCCN1C(=O)CC[C@]2(CNC(=O)c3cnn(CC)c3C)CCC[C@@H]12. The quantitative estimate of drug-likeness (QED) is 0.860. The molecule has 6 nitrogen and oxygen atoms in total.